The van der Waals surface area contributed by atoms with Crippen molar-refractivity contribution in [2.45, 2.75) is 11.3 Å². The number of carbonyl (C=O) groups is 2. The van der Waals surface area contributed by atoms with Gasteiger partial charge in [-0.1, -0.05) is 24.3 Å². The number of nitriles is 1. The molecule has 0 fully saturated rings. The number of hydrogen-bond donors (Lipinski definition) is 0. The van der Waals surface area contributed by atoms with E-state index >= 15 is 0 Å². The fourth-order valence-electron chi connectivity index (χ4n) is 3.22. The van der Waals surface area contributed by atoms with E-state index in [1.165, 1.54) is 16.2 Å². The number of thioether (sulfide) groups is 1. The number of amides is 2. The first-order valence-electron chi connectivity index (χ1n) is 9.26. The number of allylic oxidation sites excluding steroid dienone is 1. The number of hydrogen-bond acceptors (Lipinski definition) is 6. The first-order chi connectivity index (χ1) is 14.6. The molecule has 148 valence electrons. The number of imide groups is 1. The molecule has 3 aromatic rings. The Morgan fingerprint density at radius 2 is 1.80 bits per heavy atom. The van der Waals surface area contributed by atoms with Gasteiger partial charge in [0.25, 0.3) is 11.8 Å². The SMILES string of the molecule is CSc1ccc(C=C(C#N)c2nc(CCN3C(=O)c4ccccc4C3=O)cs2)cc1. The molecular weight excluding hydrogens is 414 g/mol. The standard InChI is InChI=1S/C23H17N3O2S2/c1-29-18-8-6-15(7-9-18)12-16(13-24)21-25-17(14-30-21)10-11-26-22(27)19-4-2-3-5-20(19)23(26)28/h2-9,12,14H,10-11H2,1H3. The van der Waals surface area contributed by atoms with Crippen LogP contribution in [0, 0.1) is 11.3 Å². The number of fused-ring (bicyclic) bond motifs is 1. The van der Waals surface area contributed by atoms with E-state index in [-0.39, 0.29) is 18.4 Å². The van der Waals surface area contributed by atoms with Gasteiger partial charge in [0.05, 0.1) is 22.4 Å². The molecule has 2 heterocycles. The van der Waals surface area contributed by atoms with Crippen molar-refractivity contribution in [1.29, 1.82) is 5.26 Å². The van der Waals surface area contributed by atoms with Crippen molar-refractivity contribution >= 4 is 46.6 Å². The quantitative estimate of drug-likeness (QED) is 0.319. The molecule has 2 amide bonds. The third-order valence-corrected chi connectivity index (χ3v) is 6.47. The molecule has 1 aliphatic heterocycles. The van der Waals surface area contributed by atoms with E-state index in [4.69, 9.17) is 0 Å². The number of rotatable bonds is 6. The molecule has 5 nitrogen and oxygen atoms in total. The molecule has 0 aliphatic carbocycles. The molecule has 0 atom stereocenters. The molecule has 0 bridgehead atoms. The molecule has 0 spiro atoms. The monoisotopic (exact) mass is 431 g/mol. The van der Waals surface area contributed by atoms with Crippen LogP contribution in [0.15, 0.2) is 58.8 Å². The van der Waals surface area contributed by atoms with Crippen LogP contribution < -0.4 is 0 Å². The molecule has 1 aromatic heterocycles. The average molecular weight is 432 g/mol. The highest BCUT2D eigenvalue weighted by Gasteiger charge is 2.34. The summed E-state index contributed by atoms with van der Waals surface area (Å²) in [7, 11) is 0. The maximum Gasteiger partial charge on any atom is 0.261 e. The predicted molar refractivity (Wildman–Crippen MR) is 119 cm³/mol. The van der Waals surface area contributed by atoms with Gasteiger partial charge in [-0.3, -0.25) is 14.5 Å². The summed E-state index contributed by atoms with van der Waals surface area (Å²) in [6.45, 7) is 0.261. The van der Waals surface area contributed by atoms with E-state index in [0.29, 0.717) is 28.1 Å². The number of carbonyl (C=O) groups excluding carboxylic acids is 2. The van der Waals surface area contributed by atoms with Crippen molar-refractivity contribution in [2.75, 3.05) is 12.8 Å². The normalized spacial score (nSPS) is 13.5. The summed E-state index contributed by atoms with van der Waals surface area (Å²) in [5.41, 5.74) is 3.08. The third kappa shape index (κ3) is 3.92. The maximum absolute atomic E-state index is 12.5. The van der Waals surface area contributed by atoms with E-state index in [2.05, 4.69) is 11.1 Å². The van der Waals surface area contributed by atoms with Gasteiger partial charge >= 0.3 is 0 Å². The van der Waals surface area contributed by atoms with Gasteiger partial charge in [-0.05, 0) is 42.2 Å². The zero-order chi connectivity index (χ0) is 21.1. The first kappa shape index (κ1) is 20.1. The topological polar surface area (TPSA) is 74.1 Å². The van der Waals surface area contributed by atoms with Crippen LogP contribution in [-0.4, -0.2) is 34.5 Å². The Balaban J connectivity index is 1.46. The zero-order valence-electron chi connectivity index (χ0n) is 16.2. The van der Waals surface area contributed by atoms with Gasteiger partial charge in [-0.25, -0.2) is 4.98 Å². The average Bonchev–Trinajstić information content (AvgIpc) is 3.35. The van der Waals surface area contributed by atoms with Crippen LogP contribution in [-0.2, 0) is 6.42 Å². The predicted octanol–water partition coefficient (Wildman–Crippen LogP) is 4.77. The van der Waals surface area contributed by atoms with Crippen molar-refractivity contribution in [3.63, 3.8) is 0 Å². The summed E-state index contributed by atoms with van der Waals surface area (Å²) in [6.07, 6.45) is 4.28. The molecule has 2 aromatic carbocycles. The van der Waals surface area contributed by atoms with Crippen molar-refractivity contribution < 1.29 is 9.59 Å². The molecule has 1 aliphatic rings. The van der Waals surface area contributed by atoms with Gasteiger partial charge in [-0.15, -0.1) is 23.1 Å². The van der Waals surface area contributed by atoms with Gasteiger partial charge in [-0.2, -0.15) is 5.26 Å². The second-order valence-corrected chi connectivity index (χ2v) is 8.38. The molecule has 0 N–H and O–H groups in total. The van der Waals surface area contributed by atoms with Crippen molar-refractivity contribution in [2.24, 2.45) is 0 Å². The molecule has 0 radical (unpaired) electrons. The van der Waals surface area contributed by atoms with Crippen LogP contribution in [0.25, 0.3) is 11.6 Å². The number of benzene rings is 2. The van der Waals surface area contributed by atoms with Crippen LogP contribution in [0.2, 0.25) is 0 Å². The van der Waals surface area contributed by atoms with Crippen LogP contribution in [0.4, 0.5) is 0 Å². The van der Waals surface area contributed by atoms with Crippen molar-refractivity contribution in [1.82, 2.24) is 9.88 Å². The van der Waals surface area contributed by atoms with Gasteiger partial charge in [0.2, 0.25) is 0 Å². The van der Waals surface area contributed by atoms with E-state index in [0.717, 1.165) is 16.2 Å². The minimum absolute atomic E-state index is 0.261. The molecule has 7 heteroatoms. The second kappa shape index (κ2) is 8.66. The maximum atomic E-state index is 12.5. The minimum atomic E-state index is -0.266. The molecule has 0 saturated heterocycles. The summed E-state index contributed by atoms with van der Waals surface area (Å²) >= 11 is 3.05. The van der Waals surface area contributed by atoms with Crippen LogP contribution in [0.1, 0.15) is 37.0 Å². The minimum Gasteiger partial charge on any atom is -0.274 e. The molecule has 0 unspecified atom stereocenters. The van der Waals surface area contributed by atoms with Crippen LogP contribution in [0.3, 0.4) is 0 Å². The largest absolute Gasteiger partial charge is 0.274 e. The van der Waals surface area contributed by atoms with Gasteiger partial charge in [0, 0.05) is 23.2 Å². The zero-order valence-corrected chi connectivity index (χ0v) is 17.8. The third-order valence-electron chi connectivity index (χ3n) is 4.80. The summed E-state index contributed by atoms with van der Waals surface area (Å²) in [6, 6.07) is 17.0. The highest BCUT2D eigenvalue weighted by molar-refractivity contribution is 7.98. The van der Waals surface area contributed by atoms with E-state index in [1.807, 2.05) is 42.0 Å². The molecule has 0 saturated carbocycles. The summed E-state index contributed by atoms with van der Waals surface area (Å²) in [5.74, 6) is -0.533. The fourth-order valence-corrected chi connectivity index (χ4v) is 4.45. The fraction of sp³-hybridized carbons (Fsp3) is 0.130. The summed E-state index contributed by atoms with van der Waals surface area (Å²) < 4.78 is 0. The van der Waals surface area contributed by atoms with Gasteiger partial charge in [0.15, 0.2) is 0 Å². The molecule has 30 heavy (non-hydrogen) atoms. The van der Waals surface area contributed by atoms with Gasteiger partial charge in [0.1, 0.15) is 11.1 Å². The highest BCUT2D eigenvalue weighted by atomic mass is 32.2. The van der Waals surface area contributed by atoms with Crippen molar-refractivity contribution in [3.8, 4) is 6.07 Å². The lowest BCUT2D eigenvalue weighted by atomic mass is 10.1. The Bertz CT molecular complexity index is 1150. The highest BCUT2D eigenvalue weighted by Crippen LogP contribution is 2.25. The second-order valence-electron chi connectivity index (χ2n) is 6.64. The molecular formula is C23H17N3O2S2. The first-order valence-corrected chi connectivity index (χ1v) is 11.4. The Labute approximate surface area is 182 Å². The van der Waals surface area contributed by atoms with E-state index < -0.39 is 0 Å². The smallest absolute Gasteiger partial charge is 0.261 e. The van der Waals surface area contributed by atoms with Crippen LogP contribution in [0.5, 0.6) is 0 Å². The Kier molecular flexibility index (Phi) is 5.79. The lowest BCUT2D eigenvalue weighted by Crippen LogP contribution is -2.31. The lowest BCUT2D eigenvalue weighted by molar-refractivity contribution is 0.0656. The van der Waals surface area contributed by atoms with Crippen molar-refractivity contribution in [3.05, 3.63) is 81.3 Å². The van der Waals surface area contributed by atoms with Gasteiger partial charge < -0.3 is 0 Å². The van der Waals surface area contributed by atoms with Crippen LogP contribution >= 0.6 is 23.1 Å². The molecule has 4 rings (SSSR count). The lowest BCUT2D eigenvalue weighted by Gasteiger charge is -2.12. The summed E-state index contributed by atoms with van der Waals surface area (Å²) in [5, 5.41) is 12.1. The Morgan fingerprint density at radius 1 is 1.13 bits per heavy atom. The number of nitrogens with zero attached hydrogens (tertiary/aromatic N) is 3. The number of aromatic nitrogens is 1. The summed E-state index contributed by atoms with van der Waals surface area (Å²) in [4.78, 5) is 31.9. The van der Waals surface area contributed by atoms with E-state index in [9.17, 15) is 14.9 Å². The van der Waals surface area contributed by atoms with E-state index in [1.54, 1.807) is 36.0 Å². The Morgan fingerprint density at radius 3 is 2.40 bits per heavy atom. The number of thiazole rings is 1. The Hall–Kier alpha value is -3.21.